The average molecular weight is 292 g/mol. The van der Waals surface area contributed by atoms with Crippen molar-refractivity contribution in [2.75, 3.05) is 0 Å². The summed E-state index contributed by atoms with van der Waals surface area (Å²) in [6.07, 6.45) is 0. The Balaban J connectivity index is 0.00000220. The summed E-state index contributed by atoms with van der Waals surface area (Å²) in [6.45, 7) is 10.3. The molecule has 0 aliphatic heterocycles. The standard InChI is InChI=1S/C18H21OP.Li.H/c1-11-9-14(4)16(15(5)10-11)18(19)20-17-12(2)7-6-8-13(17)3;;/h6-10,20H,1-5H3;;. The molecular formula is C18H22LiOP. The molecule has 1 atom stereocenters. The van der Waals surface area contributed by atoms with Gasteiger partial charge in [0.2, 0.25) is 0 Å². The van der Waals surface area contributed by atoms with Gasteiger partial charge in [-0.3, -0.25) is 4.79 Å². The summed E-state index contributed by atoms with van der Waals surface area (Å²) in [5, 5.41) is 1.19. The van der Waals surface area contributed by atoms with Crippen molar-refractivity contribution in [3.63, 3.8) is 0 Å². The molecule has 2 aromatic carbocycles. The summed E-state index contributed by atoms with van der Waals surface area (Å²) in [7, 11) is 0.204. The molecule has 0 aliphatic carbocycles. The van der Waals surface area contributed by atoms with Gasteiger partial charge in [0.1, 0.15) is 0 Å². The second-order valence-electron chi connectivity index (χ2n) is 5.49. The summed E-state index contributed by atoms with van der Waals surface area (Å²) >= 11 is 0. The molecule has 0 saturated heterocycles. The van der Waals surface area contributed by atoms with Crippen molar-refractivity contribution < 1.29 is 4.79 Å². The van der Waals surface area contributed by atoms with Crippen LogP contribution in [0.4, 0.5) is 0 Å². The number of hydrogen-bond donors (Lipinski definition) is 0. The van der Waals surface area contributed by atoms with Crippen molar-refractivity contribution in [1.82, 2.24) is 0 Å². The van der Waals surface area contributed by atoms with E-state index in [0.717, 1.165) is 16.7 Å². The van der Waals surface area contributed by atoms with E-state index in [2.05, 4.69) is 45.0 Å². The van der Waals surface area contributed by atoms with Crippen LogP contribution in [-0.2, 0) is 0 Å². The molecule has 106 valence electrons. The molecule has 0 N–H and O–H groups in total. The van der Waals surface area contributed by atoms with Gasteiger partial charge in [-0.2, -0.15) is 0 Å². The van der Waals surface area contributed by atoms with Crippen LogP contribution in [-0.4, -0.2) is 24.4 Å². The van der Waals surface area contributed by atoms with Gasteiger partial charge in [-0.25, -0.2) is 0 Å². The molecule has 0 aromatic heterocycles. The van der Waals surface area contributed by atoms with Crippen molar-refractivity contribution in [2.24, 2.45) is 0 Å². The number of hydrogen-bond acceptors (Lipinski definition) is 1. The molecular weight excluding hydrogens is 270 g/mol. The van der Waals surface area contributed by atoms with Gasteiger partial charge in [0.05, 0.1) is 0 Å². The van der Waals surface area contributed by atoms with Gasteiger partial charge >= 0.3 is 18.9 Å². The van der Waals surface area contributed by atoms with E-state index < -0.39 is 0 Å². The predicted octanol–water partition coefficient (Wildman–Crippen LogP) is 3.72. The van der Waals surface area contributed by atoms with Crippen LogP contribution in [0.1, 0.15) is 38.2 Å². The normalized spacial score (nSPS) is 10.7. The van der Waals surface area contributed by atoms with E-state index in [1.54, 1.807) is 0 Å². The number of aryl methyl sites for hydroxylation is 5. The maximum atomic E-state index is 12.7. The van der Waals surface area contributed by atoms with Crippen LogP contribution in [0, 0.1) is 34.6 Å². The zero-order chi connectivity index (χ0) is 14.9. The van der Waals surface area contributed by atoms with E-state index in [1.165, 1.54) is 22.0 Å². The maximum absolute atomic E-state index is 12.7. The van der Waals surface area contributed by atoms with Crippen LogP contribution in [0.5, 0.6) is 0 Å². The van der Waals surface area contributed by atoms with Gasteiger partial charge in [-0.05, 0) is 70.8 Å². The second kappa shape index (κ2) is 7.42. The van der Waals surface area contributed by atoms with Crippen molar-refractivity contribution >= 4 is 38.3 Å². The van der Waals surface area contributed by atoms with Gasteiger partial charge in [-0.1, -0.05) is 35.9 Å². The third-order valence-corrected chi connectivity index (χ3v) is 5.14. The van der Waals surface area contributed by atoms with Gasteiger partial charge in [0.15, 0.2) is 5.52 Å². The van der Waals surface area contributed by atoms with Crippen LogP contribution >= 0.6 is 8.58 Å². The minimum absolute atomic E-state index is 0. The Hall–Kier alpha value is -0.863. The monoisotopic (exact) mass is 292 g/mol. The third-order valence-electron chi connectivity index (χ3n) is 3.62. The van der Waals surface area contributed by atoms with Gasteiger partial charge < -0.3 is 0 Å². The topological polar surface area (TPSA) is 17.1 Å². The summed E-state index contributed by atoms with van der Waals surface area (Å²) in [5.74, 6) is 0. The van der Waals surface area contributed by atoms with Crippen molar-refractivity contribution in [2.45, 2.75) is 34.6 Å². The molecule has 0 spiro atoms. The van der Waals surface area contributed by atoms with E-state index in [1.807, 2.05) is 19.9 Å². The van der Waals surface area contributed by atoms with Crippen LogP contribution in [0.25, 0.3) is 0 Å². The van der Waals surface area contributed by atoms with Crippen molar-refractivity contribution in [3.05, 3.63) is 63.7 Å². The van der Waals surface area contributed by atoms with Crippen molar-refractivity contribution in [3.8, 4) is 0 Å². The Morgan fingerprint density at radius 2 is 1.33 bits per heavy atom. The molecule has 1 nitrogen and oxygen atoms in total. The summed E-state index contributed by atoms with van der Waals surface area (Å²) < 4.78 is 0. The molecule has 0 saturated carbocycles. The quantitative estimate of drug-likeness (QED) is 0.622. The summed E-state index contributed by atoms with van der Waals surface area (Å²) in [6, 6.07) is 10.4. The molecule has 0 heterocycles. The molecule has 3 heteroatoms. The number of carbonyl (C=O) groups excluding carboxylic acids is 1. The Morgan fingerprint density at radius 3 is 1.81 bits per heavy atom. The molecule has 1 unspecified atom stereocenters. The Bertz CT molecular complexity index is 634. The summed E-state index contributed by atoms with van der Waals surface area (Å²) in [5.41, 5.74) is 6.96. The fourth-order valence-electron chi connectivity index (χ4n) is 2.73. The van der Waals surface area contributed by atoms with E-state index in [4.69, 9.17) is 0 Å². The van der Waals surface area contributed by atoms with Crippen LogP contribution < -0.4 is 5.30 Å². The molecule has 2 aromatic rings. The van der Waals surface area contributed by atoms with Crippen molar-refractivity contribution in [1.29, 1.82) is 0 Å². The molecule has 0 bridgehead atoms. The van der Waals surface area contributed by atoms with Gasteiger partial charge in [-0.15, -0.1) is 0 Å². The second-order valence-corrected chi connectivity index (χ2v) is 6.70. The number of benzene rings is 2. The molecule has 0 fully saturated rings. The zero-order valence-electron chi connectivity index (χ0n) is 12.8. The molecule has 0 aliphatic rings. The van der Waals surface area contributed by atoms with Crippen LogP contribution in [0.2, 0.25) is 0 Å². The molecule has 21 heavy (non-hydrogen) atoms. The third kappa shape index (κ3) is 4.08. The zero-order valence-corrected chi connectivity index (χ0v) is 13.8. The predicted molar refractivity (Wildman–Crippen MR) is 96.0 cm³/mol. The van der Waals surface area contributed by atoms with Gasteiger partial charge in [0, 0.05) is 5.56 Å². The Morgan fingerprint density at radius 1 is 0.857 bits per heavy atom. The van der Waals surface area contributed by atoms with E-state index in [9.17, 15) is 4.79 Å². The number of rotatable bonds is 3. The minimum atomic E-state index is 0. The fourth-order valence-corrected chi connectivity index (χ4v) is 4.03. The average Bonchev–Trinajstić information content (AvgIpc) is 2.32. The Kier molecular flexibility index (Phi) is 6.42. The Labute approximate surface area is 141 Å². The first kappa shape index (κ1) is 18.2. The SMILES string of the molecule is Cc1cc(C)c(C(=O)Pc2c(C)cccc2C)c(C)c1.[LiH]. The summed E-state index contributed by atoms with van der Waals surface area (Å²) in [4.78, 5) is 12.7. The van der Waals surface area contributed by atoms with Crippen LogP contribution in [0.3, 0.4) is 0 Å². The van der Waals surface area contributed by atoms with E-state index in [0.29, 0.717) is 0 Å². The van der Waals surface area contributed by atoms with Crippen LogP contribution in [0.15, 0.2) is 30.3 Å². The molecule has 0 amide bonds. The van der Waals surface area contributed by atoms with E-state index in [-0.39, 0.29) is 33.0 Å². The first-order chi connectivity index (χ1) is 9.40. The first-order valence-corrected chi connectivity index (χ1v) is 7.85. The number of carbonyl (C=O) groups is 1. The fraction of sp³-hybridized carbons (Fsp3) is 0.278. The molecule has 0 radical (unpaired) electrons. The van der Waals surface area contributed by atoms with Gasteiger partial charge in [0.25, 0.3) is 0 Å². The molecule has 2 rings (SSSR count). The van der Waals surface area contributed by atoms with E-state index >= 15 is 0 Å². The first-order valence-electron chi connectivity index (χ1n) is 6.85.